The van der Waals surface area contributed by atoms with Crippen molar-refractivity contribution in [2.45, 2.75) is 26.8 Å². The van der Waals surface area contributed by atoms with Crippen molar-refractivity contribution in [3.63, 3.8) is 0 Å². The summed E-state index contributed by atoms with van der Waals surface area (Å²) >= 11 is 0. The van der Waals surface area contributed by atoms with Gasteiger partial charge in [0, 0.05) is 24.9 Å². The second-order valence-corrected chi connectivity index (χ2v) is 4.73. The van der Waals surface area contributed by atoms with E-state index < -0.39 is 0 Å². The van der Waals surface area contributed by atoms with Crippen LogP contribution in [0, 0.1) is 13.8 Å². The smallest absolute Gasteiger partial charge is 0.246 e. The molecule has 0 atom stereocenters. The monoisotopic (exact) mass is 274 g/mol. The molecule has 0 saturated heterocycles. The zero-order valence-corrected chi connectivity index (χ0v) is 11.6. The fourth-order valence-electron chi connectivity index (χ4n) is 1.81. The lowest BCUT2D eigenvalue weighted by Gasteiger charge is -2.07. The normalized spacial score (nSPS) is 10.6. The van der Waals surface area contributed by atoms with Gasteiger partial charge in [-0.1, -0.05) is 11.3 Å². The summed E-state index contributed by atoms with van der Waals surface area (Å²) in [7, 11) is 0. The summed E-state index contributed by atoms with van der Waals surface area (Å²) in [6.07, 6.45) is 2.11. The molecular weight excluding hydrogens is 256 g/mol. The van der Waals surface area contributed by atoms with Gasteiger partial charge in [0.15, 0.2) is 0 Å². The Morgan fingerprint density at radius 1 is 1.35 bits per heavy atom. The van der Waals surface area contributed by atoms with Crippen LogP contribution in [0.15, 0.2) is 24.4 Å². The Balaban J connectivity index is 1.95. The van der Waals surface area contributed by atoms with E-state index in [1.807, 2.05) is 32.0 Å². The quantitative estimate of drug-likeness (QED) is 0.854. The van der Waals surface area contributed by atoms with E-state index >= 15 is 0 Å². The Bertz CT molecular complexity index is 607. The van der Waals surface area contributed by atoms with E-state index in [4.69, 9.17) is 5.11 Å². The Morgan fingerprint density at radius 3 is 2.85 bits per heavy atom. The molecule has 1 heterocycles. The number of carbonyl (C=O) groups excluding carboxylic acids is 1. The molecule has 0 aliphatic rings. The summed E-state index contributed by atoms with van der Waals surface area (Å²) in [6, 6.07) is 5.78. The zero-order valence-electron chi connectivity index (χ0n) is 11.6. The van der Waals surface area contributed by atoms with Gasteiger partial charge in [-0.15, -0.1) is 5.10 Å². The molecule has 2 aromatic rings. The predicted molar refractivity (Wildman–Crippen MR) is 75.4 cm³/mol. The van der Waals surface area contributed by atoms with Gasteiger partial charge in [0.25, 0.3) is 0 Å². The number of nitrogens with zero attached hydrogens (tertiary/aromatic N) is 3. The third-order valence-corrected chi connectivity index (χ3v) is 3.05. The van der Waals surface area contributed by atoms with Crippen molar-refractivity contribution in [1.82, 2.24) is 15.0 Å². The minimum atomic E-state index is -0.159. The molecule has 106 valence electrons. The van der Waals surface area contributed by atoms with Crippen molar-refractivity contribution in [3.8, 4) is 0 Å². The van der Waals surface area contributed by atoms with E-state index in [9.17, 15) is 4.79 Å². The first-order valence-corrected chi connectivity index (χ1v) is 6.45. The molecule has 2 N–H and O–H groups in total. The molecule has 0 radical (unpaired) electrons. The van der Waals surface area contributed by atoms with E-state index in [0.717, 1.165) is 11.3 Å². The predicted octanol–water partition coefficient (Wildman–Crippen LogP) is 1.07. The maximum Gasteiger partial charge on any atom is 0.246 e. The van der Waals surface area contributed by atoms with Gasteiger partial charge in [-0.3, -0.25) is 4.79 Å². The SMILES string of the molecule is Cc1ccc(NC(=O)Cn2cc(CCO)nn2)cc1C. The number of aromatic nitrogens is 3. The second-order valence-electron chi connectivity index (χ2n) is 4.73. The standard InChI is InChI=1S/C14H18N4O2/c1-10-3-4-12(7-11(10)2)15-14(20)9-18-8-13(5-6-19)16-17-18/h3-4,7-8,19H,5-6,9H2,1-2H3,(H,15,20). The molecule has 2 rings (SSSR count). The van der Waals surface area contributed by atoms with E-state index in [0.29, 0.717) is 12.1 Å². The number of rotatable bonds is 5. The lowest BCUT2D eigenvalue weighted by Crippen LogP contribution is -2.19. The fraction of sp³-hybridized carbons (Fsp3) is 0.357. The number of hydrogen-bond acceptors (Lipinski definition) is 4. The van der Waals surface area contributed by atoms with E-state index in [1.165, 1.54) is 10.2 Å². The number of aliphatic hydroxyl groups is 1. The van der Waals surface area contributed by atoms with Crippen molar-refractivity contribution < 1.29 is 9.90 Å². The van der Waals surface area contributed by atoms with Gasteiger partial charge >= 0.3 is 0 Å². The van der Waals surface area contributed by atoms with Crippen molar-refractivity contribution in [2.24, 2.45) is 0 Å². The molecule has 1 amide bonds. The minimum absolute atomic E-state index is 0.0214. The average Bonchev–Trinajstić information content (AvgIpc) is 2.81. The number of aliphatic hydroxyl groups excluding tert-OH is 1. The molecule has 0 unspecified atom stereocenters. The molecule has 1 aromatic heterocycles. The lowest BCUT2D eigenvalue weighted by molar-refractivity contribution is -0.116. The van der Waals surface area contributed by atoms with Gasteiger partial charge in [-0.2, -0.15) is 0 Å². The fourth-order valence-corrected chi connectivity index (χ4v) is 1.81. The minimum Gasteiger partial charge on any atom is -0.396 e. The van der Waals surface area contributed by atoms with Gasteiger partial charge in [-0.05, 0) is 37.1 Å². The molecule has 0 fully saturated rings. The second kappa shape index (κ2) is 6.29. The van der Waals surface area contributed by atoms with Crippen LogP contribution in [0.4, 0.5) is 5.69 Å². The van der Waals surface area contributed by atoms with Crippen molar-refractivity contribution >= 4 is 11.6 Å². The van der Waals surface area contributed by atoms with Crippen LogP contribution >= 0.6 is 0 Å². The number of hydrogen-bond donors (Lipinski definition) is 2. The van der Waals surface area contributed by atoms with Gasteiger partial charge in [-0.25, -0.2) is 4.68 Å². The average molecular weight is 274 g/mol. The molecule has 20 heavy (non-hydrogen) atoms. The summed E-state index contributed by atoms with van der Waals surface area (Å²) in [5.74, 6) is -0.159. The van der Waals surface area contributed by atoms with Gasteiger partial charge in [0.05, 0.1) is 5.69 Å². The van der Waals surface area contributed by atoms with Crippen LogP contribution in [-0.2, 0) is 17.8 Å². The van der Waals surface area contributed by atoms with Gasteiger partial charge < -0.3 is 10.4 Å². The molecule has 0 bridgehead atoms. The topological polar surface area (TPSA) is 80.0 Å². The lowest BCUT2D eigenvalue weighted by atomic mass is 10.1. The maximum absolute atomic E-state index is 11.9. The van der Waals surface area contributed by atoms with Crippen molar-refractivity contribution in [1.29, 1.82) is 0 Å². The maximum atomic E-state index is 11.9. The molecule has 6 nitrogen and oxygen atoms in total. The van der Waals surface area contributed by atoms with Crippen LogP contribution in [0.3, 0.4) is 0 Å². The molecular formula is C14H18N4O2. The molecule has 0 aliphatic carbocycles. The Kier molecular flexibility index (Phi) is 4.47. The Morgan fingerprint density at radius 2 is 2.15 bits per heavy atom. The number of nitrogens with one attached hydrogen (secondary N) is 1. The first-order chi connectivity index (χ1) is 9.58. The zero-order chi connectivity index (χ0) is 14.5. The first kappa shape index (κ1) is 14.2. The summed E-state index contributed by atoms with van der Waals surface area (Å²) < 4.78 is 1.46. The highest BCUT2D eigenvalue weighted by Crippen LogP contribution is 2.14. The van der Waals surface area contributed by atoms with Crippen LogP contribution in [0.2, 0.25) is 0 Å². The molecule has 0 saturated carbocycles. The molecule has 6 heteroatoms. The largest absolute Gasteiger partial charge is 0.396 e. The van der Waals surface area contributed by atoms with Gasteiger partial charge in [0.1, 0.15) is 6.54 Å². The number of aryl methyl sites for hydroxylation is 2. The van der Waals surface area contributed by atoms with Gasteiger partial charge in [0.2, 0.25) is 5.91 Å². The number of amides is 1. The third-order valence-electron chi connectivity index (χ3n) is 3.05. The van der Waals surface area contributed by atoms with Crippen molar-refractivity contribution in [3.05, 3.63) is 41.2 Å². The third kappa shape index (κ3) is 3.64. The molecule has 0 spiro atoms. The van der Waals surface area contributed by atoms with Crippen LogP contribution in [0.25, 0.3) is 0 Å². The summed E-state index contributed by atoms with van der Waals surface area (Å²) in [6.45, 7) is 4.15. The number of benzene rings is 1. The van der Waals surface area contributed by atoms with Crippen LogP contribution in [0.5, 0.6) is 0 Å². The highest BCUT2D eigenvalue weighted by atomic mass is 16.3. The Labute approximate surface area is 117 Å². The highest BCUT2D eigenvalue weighted by Gasteiger charge is 2.07. The van der Waals surface area contributed by atoms with E-state index in [2.05, 4.69) is 15.6 Å². The summed E-state index contributed by atoms with van der Waals surface area (Å²) in [5.41, 5.74) is 3.77. The summed E-state index contributed by atoms with van der Waals surface area (Å²) in [5, 5.41) is 19.3. The van der Waals surface area contributed by atoms with E-state index in [-0.39, 0.29) is 19.1 Å². The molecule has 1 aromatic carbocycles. The highest BCUT2D eigenvalue weighted by molar-refractivity contribution is 5.90. The number of anilines is 1. The van der Waals surface area contributed by atoms with Crippen LogP contribution in [0.1, 0.15) is 16.8 Å². The Hall–Kier alpha value is -2.21. The first-order valence-electron chi connectivity index (χ1n) is 6.45. The summed E-state index contributed by atoms with van der Waals surface area (Å²) in [4.78, 5) is 11.9. The number of carbonyl (C=O) groups is 1. The van der Waals surface area contributed by atoms with Crippen LogP contribution in [-0.4, -0.2) is 32.6 Å². The van der Waals surface area contributed by atoms with Crippen LogP contribution < -0.4 is 5.32 Å². The van der Waals surface area contributed by atoms with E-state index in [1.54, 1.807) is 6.20 Å². The van der Waals surface area contributed by atoms with Crippen molar-refractivity contribution in [2.75, 3.05) is 11.9 Å². The molecule has 0 aliphatic heterocycles.